The zero-order valence-corrected chi connectivity index (χ0v) is 17.9. The van der Waals surface area contributed by atoms with Crippen LogP contribution in [0.15, 0.2) is 40.9 Å². The SMILES string of the molecule is CC1(C)c2cc(C(O)(C(F)(F)F)C(F)(F)F)ccc2N[C@H]2c3cc(Br)ccc3OC[C@H]21. The van der Waals surface area contributed by atoms with Crippen LogP contribution in [-0.2, 0) is 11.0 Å². The standard InChI is InChI=1S/C21H18BrF6NO2/c1-18(2)13-7-10(19(30,20(23,24)25)21(26,27)28)3-5-15(13)29-17-12-8-11(22)4-6-16(12)31-9-14(17)18/h3-8,14,17,29-30H,9H2,1-2H3/t14-,17+/m1/s1. The van der Waals surface area contributed by atoms with Crippen LogP contribution in [0, 0.1) is 5.92 Å². The number of ether oxygens (including phenoxy) is 1. The third kappa shape index (κ3) is 3.21. The van der Waals surface area contributed by atoms with Gasteiger partial charge in [0.15, 0.2) is 0 Å². The predicted octanol–water partition coefficient (Wildman–Crippen LogP) is 6.21. The molecule has 31 heavy (non-hydrogen) atoms. The molecule has 2 aliphatic heterocycles. The summed E-state index contributed by atoms with van der Waals surface area (Å²) >= 11 is 3.41. The summed E-state index contributed by atoms with van der Waals surface area (Å²) in [6, 6.07) is 7.89. The Bertz CT molecular complexity index is 1020. The summed E-state index contributed by atoms with van der Waals surface area (Å²) < 4.78 is 86.9. The second-order valence-electron chi connectivity index (χ2n) is 8.41. The Morgan fingerprint density at radius 1 is 1.03 bits per heavy atom. The molecule has 0 saturated heterocycles. The smallest absolute Gasteiger partial charge is 0.430 e. The summed E-state index contributed by atoms with van der Waals surface area (Å²) in [6.07, 6.45) is -11.9. The number of aliphatic hydroxyl groups is 1. The molecule has 0 aliphatic carbocycles. The zero-order valence-electron chi connectivity index (χ0n) is 16.3. The number of anilines is 1. The third-order valence-electron chi connectivity index (χ3n) is 6.32. The number of alkyl halides is 6. The van der Waals surface area contributed by atoms with Crippen LogP contribution in [0.25, 0.3) is 0 Å². The average molecular weight is 510 g/mol. The van der Waals surface area contributed by atoms with Gasteiger partial charge >= 0.3 is 12.4 Å². The van der Waals surface area contributed by atoms with Crippen LogP contribution in [0.3, 0.4) is 0 Å². The minimum atomic E-state index is -5.94. The van der Waals surface area contributed by atoms with Gasteiger partial charge in [-0.1, -0.05) is 35.8 Å². The molecule has 168 valence electrons. The van der Waals surface area contributed by atoms with Crippen molar-refractivity contribution in [1.29, 1.82) is 0 Å². The monoisotopic (exact) mass is 509 g/mol. The van der Waals surface area contributed by atoms with E-state index in [4.69, 9.17) is 4.74 Å². The van der Waals surface area contributed by atoms with Crippen molar-refractivity contribution >= 4 is 21.6 Å². The van der Waals surface area contributed by atoms with E-state index in [1.807, 2.05) is 12.1 Å². The van der Waals surface area contributed by atoms with E-state index in [-0.39, 0.29) is 24.1 Å². The Morgan fingerprint density at radius 2 is 1.68 bits per heavy atom. The molecule has 10 heteroatoms. The van der Waals surface area contributed by atoms with E-state index < -0.39 is 28.9 Å². The minimum absolute atomic E-state index is 0.228. The van der Waals surface area contributed by atoms with Crippen LogP contribution in [0.2, 0.25) is 0 Å². The molecule has 4 rings (SSSR count). The van der Waals surface area contributed by atoms with Crippen molar-refractivity contribution in [2.45, 2.75) is 43.3 Å². The fourth-order valence-electron chi connectivity index (χ4n) is 4.47. The van der Waals surface area contributed by atoms with Gasteiger partial charge in [0.25, 0.3) is 5.60 Å². The van der Waals surface area contributed by atoms with E-state index in [9.17, 15) is 31.4 Å². The van der Waals surface area contributed by atoms with Gasteiger partial charge < -0.3 is 15.2 Å². The lowest BCUT2D eigenvalue weighted by Gasteiger charge is -2.49. The minimum Gasteiger partial charge on any atom is -0.493 e. The van der Waals surface area contributed by atoms with Crippen molar-refractivity contribution in [2.24, 2.45) is 5.92 Å². The molecule has 0 spiro atoms. The molecule has 2 atom stereocenters. The van der Waals surface area contributed by atoms with Crippen molar-refractivity contribution in [1.82, 2.24) is 0 Å². The Labute approximate surface area is 182 Å². The molecule has 0 bridgehead atoms. The molecule has 2 N–H and O–H groups in total. The number of nitrogens with one attached hydrogen (secondary N) is 1. The number of rotatable bonds is 1. The summed E-state index contributed by atoms with van der Waals surface area (Å²) in [7, 11) is 0. The molecule has 0 aromatic heterocycles. The summed E-state index contributed by atoms with van der Waals surface area (Å²) in [5.74, 6) is 0.387. The first-order valence-electron chi connectivity index (χ1n) is 9.37. The maximum atomic E-state index is 13.4. The second kappa shape index (κ2) is 6.78. The van der Waals surface area contributed by atoms with E-state index in [0.29, 0.717) is 17.5 Å². The molecular formula is C21H18BrF6NO2. The first-order valence-corrected chi connectivity index (χ1v) is 10.2. The Kier molecular flexibility index (Phi) is 4.87. The second-order valence-corrected chi connectivity index (χ2v) is 9.33. The van der Waals surface area contributed by atoms with Gasteiger partial charge in [-0.05, 0) is 35.9 Å². The van der Waals surface area contributed by atoms with Crippen LogP contribution in [-0.4, -0.2) is 24.1 Å². The van der Waals surface area contributed by atoms with Crippen molar-refractivity contribution in [3.8, 4) is 5.75 Å². The molecule has 0 radical (unpaired) electrons. The van der Waals surface area contributed by atoms with Gasteiger partial charge in [-0.25, -0.2) is 0 Å². The highest BCUT2D eigenvalue weighted by atomic mass is 79.9. The highest BCUT2D eigenvalue weighted by Gasteiger charge is 2.71. The van der Waals surface area contributed by atoms with Crippen molar-refractivity contribution < 1.29 is 36.2 Å². The van der Waals surface area contributed by atoms with Gasteiger partial charge in [-0.15, -0.1) is 0 Å². The van der Waals surface area contributed by atoms with E-state index in [0.717, 1.165) is 22.2 Å². The maximum Gasteiger partial charge on any atom is 0.430 e. The Hall–Kier alpha value is -1.94. The van der Waals surface area contributed by atoms with Gasteiger partial charge in [0.05, 0.1) is 12.6 Å². The molecule has 0 unspecified atom stereocenters. The highest BCUT2D eigenvalue weighted by molar-refractivity contribution is 9.10. The van der Waals surface area contributed by atoms with E-state index in [1.165, 1.54) is 0 Å². The lowest BCUT2D eigenvalue weighted by Crippen LogP contribution is -2.54. The Morgan fingerprint density at radius 3 is 2.29 bits per heavy atom. The van der Waals surface area contributed by atoms with Gasteiger partial charge in [-0.3, -0.25) is 0 Å². The topological polar surface area (TPSA) is 41.5 Å². The van der Waals surface area contributed by atoms with E-state index in [1.54, 1.807) is 19.9 Å². The van der Waals surface area contributed by atoms with E-state index >= 15 is 0 Å². The number of hydrogen-bond donors (Lipinski definition) is 2. The van der Waals surface area contributed by atoms with Crippen molar-refractivity contribution in [3.05, 3.63) is 57.6 Å². The molecule has 2 aromatic rings. The third-order valence-corrected chi connectivity index (χ3v) is 6.81. The normalized spacial score (nSPS) is 22.5. The lowest BCUT2D eigenvalue weighted by molar-refractivity contribution is -0.376. The lowest BCUT2D eigenvalue weighted by atomic mass is 9.65. The number of fused-ring (bicyclic) bond motifs is 4. The predicted molar refractivity (Wildman–Crippen MR) is 105 cm³/mol. The molecule has 0 saturated carbocycles. The van der Waals surface area contributed by atoms with Crippen LogP contribution >= 0.6 is 15.9 Å². The fraction of sp³-hybridized carbons (Fsp3) is 0.429. The van der Waals surface area contributed by atoms with Crippen molar-refractivity contribution in [2.75, 3.05) is 11.9 Å². The van der Waals surface area contributed by atoms with Crippen LogP contribution in [0.5, 0.6) is 5.75 Å². The number of halogens is 7. The molecule has 2 aromatic carbocycles. The molecular weight excluding hydrogens is 492 g/mol. The first kappa shape index (κ1) is 22.3. The maximum absolute atomic E-state index is 13.4. The highest BCUT2D eigenvalue weighted by Crippen LogP contribution is 2.55. The summed E-state index contributed by atoms with van der Waals surface area (Å²) in [5.41, 5.74) is -5.58. The number of hydrogen-bond acceptors (Lipinski definition) is 3. The number of benzene rings is 2. The van der Waals surface area contributed by atoms with Gasteiger partial charge in [0.1, 0.15) is 5.75 Å². The average Bonchev–Trinajstić information content (AvgIpc) is 2.65. The van der Waals surface area contributed by atoms with Gasteiger partial charge in [-0.2, -0.15) is 26.3 Å². The van der Waals surface area contributed by atoms with Gasteiger partial charge in [0.2, 0.25) is 0 Å². The van der Waals surface area contributed by atoms with Crippen LogP contribution in [0.1, 0.15) is 36.6 Å². The van der Waals surface area contributed by atoms with E-state index in [2.05, 4.69) is 21.2 Å². The molecule has 0 fully saturated rings. The summed E-state index contributed by atoms with van der Waals surface area (Å²) in [4.78, 5) is 0. The molecule has 2 heterocycles. The zero-order chi connectivity index (χ0) is 23.0. The van der Waals surface area contributed by atoms with Crippen LogP contribution in [0.4, 0.5) is 32.0 Å². The molecule has 3 nitrogen and oxygen atoms in total. The van der Waals surface area contributed by atoms with Crippen LogP contribution < -0.4 is 10.1 Å². The summed E-state index contributed by atoms with van der Waals surface area (Å²) in [5, 5.41) is 13.1. The van der Waals surface area contributed by atoms with Gasteiger partial charge in [0, 0.05) is 32.6 Å². The quantitative estimate of drug-likeness (QED) is 0.448. The van der Waals surface area contributed by atoms with Crippen molar-refractivity contribution in [3.63, 3.8) is 0 Å². The largest absolute Gasteiger partial charge is 0.493 e. The molecule has 2 aliphatic rings. The fourth-order valence-corrected chi connectivity index (χ4v) is 4.85. The molecule has 0 amide bonds. The first-order chi connectivity index (χ1) is 14.2. The Balaban J connectivity index is 1.85. The summed E-state index contributed by atoms with van der Waals surface area (Å²) in [6.45, 7) is 3.73.